The van der Waals surface area contributed by atoms with Crippen molar-refractivity contribution in [3.8, 4) is 23.0 Å². The van der Waals surface area contributed by atoms with E-state index in [1.165, 1.54) is 6.07 Å². The number of alkyl halides is 3. The van der Waals surface area contributed by atoms with Crippen molar-refractivity contribution in [1.82, 2.24) is 19.7 Å². The largest absolute Gasteiger partial charge is 0.493 e. The van der Waals surface area contributed by atoms with Gasteiger partial charge in [0.05, 0.1) is 29.2 Å². The summed E-state index contributed by atoms with van der Waals surface area (Å²) in [6.07, 6.45) is -4.44. The molecule has 168 valence electrons. The highest BCUT2D eigenvalue weighted by Crippen LogP contribution is 2.37. The lowest BCUT2D eigenvalue weighted by Crippen LogP contribution is -2.04. The van der Waals surface area contributed by atoms with Crippen LogP contribution in [0.5, 0.6) is 11.5 Å². The molecule has 0 saturated heterocycles. The fraction of sp³-hybridized carbons (Fsp3) is 0.167. The Morgan fingerprint density at radius 2 is 1.79 bits per heavy atom. The van der Waals surface area contributed by atoms with Gasteiger partial charge in [0.1, 0.15) is 12.3 Å². The molecule has 0 atom stereocenters. The third-order valence-electron chi connectivity index (χ3n) is 5.50. The molecule has 33 heavy (non-hydrogen) atoms. The third-order valence-corrected chi connectivity index (χ3v) is 5.50. The molecule has 2 aromatic heterocycles. The monoisotopic (exact) mass is 452 g/mol. The molecule has 0 aliphatic carbocycles. The van der Waals surface area contributed by atoms with Crippen LogP contribution in [-0.2, 0) is 19.8 Å². The lowest BCUT2D eigenvalue weighted by Gasteiger charge is -2.11. The number of benzene rings is 3. The van der Waals surface area contributed by atoms with Crippen LogP contribution in [0.3, 0.4) is 0 Å². The number of hydrogen-bond acceptors (Lipinski definition) is 4. The Labute approximate surface area is 186 Å². The molecule has 0 amide bonds. The van der Waals surface area contributed by atoms with Crippen LogP contribution in [0.25, 0.3) is 33.5 Å². The molecule has 0 unspecified atom stereocenters. The van der Waals surface area contributed by atoms with Crippen LogP contribution in [0.15, 0.2) is 60.7 Å². The summed E-state index contributed by atoms with van der Waals surface area (Å²) in [5.41, 5.74) is 2.27. The van der Waals surface area contributed by atoms with E-state index in [1.807, 2.05) is 30.3 Å². The molecule has 0 saturated carbocycles. The molecule has 9 heteroatoms. The summed E-state index contributed by atoms with van der Waals surface area (Å²) in [5.74, 6) is 1.50. The first kappa shape index (κ1) is 20.9. The molecule has 0 radical (unpaired) electrons. The molecule has 0 fully saturated rings. The molecule has 6 nitrogen and oxygen atoms in total. The van der Waals surface area contributed by atoms with E-state index in [0.29, 0.717) is 46.0 Å². The second kappa shape index (κ2) is 7.84. The first-order valence-electron chi connectivity index (χ1n) is 10.1. The SMILES string of the molecule is COc1cc2[nH]nc(-c3nc4cc(C(F)(F)F)ccc4n3C)c2cc1OCc1ccccc1. The smallest absolute Gasteiger partial charge is 0.416 e. The molecule has 0 bridgehead atoms. The number of hydrogen-bond donors (Lipinski definition) is 1. The predicted molar refractivity (Wildman–Crippen MR) is 118 cm³/mol. The Morgan fingerprint density at radius 1 is 1.00 bits per heavy atom. The van der Waals surface area contributed by atoms with Gasteiger partial charge in [-0.05, 0) is 29.8 Å². The van der Waals surface area contributed by atoms with Gasteiger partial charge in [0.15, 0.2) is 17.3 Å². The number of aromatic nitrogens is 4. The Bertz CT molecular complexity index is 1460. The van der Waals surface area contributed by atoms with Crippen molar-refractivity contribution in [2.75, 3.05) is 7.11 Å². The minimum absolute atomic E-state index is 0.243. The molecule has 5 rings (SSSR count). The highest BCUT2D eigenvalue weighted by atomic mass is 19.4. The first-order chi connectivity index (χ1) is 15.8. The summed E-state index contributed by atoms with van der Waals surface area (Å²) in [6.45, 7) is 0.350. The molecule has 1 N–H and O–H groups in total. The molecular weight excluding hydrogens is 433 g/mol. The first-order valence-corrected chi connectivity index (χ1v) is 10.1. The third kappa shape index (κ3) is 3.75. The van der Waals surface area contributed by atoms with Gasteiger partial charge in [0.2, 0.25) is 0 Å². The van der Waals surface area contributed by atoms with E-state index in [-0.39, 0.29) is 5.52 Å². The maximum Gasteiger partial charge on any atom is 0.416 e. The zero-order valence-corrected chi connectivity index (χ0v) is 17.8. The van der Waals surface area contributed by atoms with Crippen LogP contribution < -0.4 is 9.47 Å². The lowest BCUT2D eigenvalue weighted by molar-refractivity contribution is -0.137. The van der Waals surface area contributed by atoms with Gasteiger partial charge in [-0.3, -0.25) is 5.10 Å². The van der Waals surface area contributed by atoms with E-state index in [0.717, 1.165) is 17.7 Å². The van der Waals surface area contributed by atoms with Crippen LogP contribution in [0, 0.1) is 0 Å². The number of nitrogens with zero attached hydrogens (tertiary/aromatic N) is 3. The van der Waals surface area contributed by atoms with Crippen molar-refractivity contribution in [1.29, 1.82) is 0 Å². The molecule has 0 aliphatic heterocycles. The molecule has 2 heterocycles. The highest BCUT2D eigenvalue weighted by molar-refractivity contribution is 5.95. The Hall–Kier alpha value is -4.01. The quantitative estimate of drug-likeness (QED) is 0.370. The fourth-order valence-corrected chi connectivity index (χ4v) is 3.79. The van der Waals surface area contributed by atoms with Gasteiger partial charge in [0.25, 0.3) is 0 Å². The number of fused-ring (bicyclic) bond motifs is 2. The van der Waals surface area contributed by atoms with Crippen molar-refractivity contribution in [3.63, 3.8) is 0 Å². The summed E-state index contributed by atoms with van der Waals surface area (Å²) in [4.78, 5) is 4.45. The molecule has 0 spiro atoms. The number of methoxy groups -OCH3 is 1. The summed E-state index contributed by atoms with van der Waals surface area (Å²) < 4.78 is 52.6. The average Bonchev–Trinajstić information content (AvgIpc) is 3.36. The van der Waals surface area contributed by atoms with E-state index >= 15 is 0 Å². The zero-order chi connectivity index (χ0) is 23.2. The topological polar surface area (TPSA) is 65.0 Å². The van der Waals surface area contributed by atoms with E-state index in [4.69, 9.17) is 9.47 Å². The normalized spacial score (nSPS) is 11.9. The van der Waals surface area contributed by atoms with E-state index in [9.17, 15) is 13.2 Å². The Kier molecular flexibility index (Phi) is 4.96. The number of aromatic amines is 1. The summed E-state index contributed by atoms with van der Waals surface area (Å²) in [5, 5.41) is 8.05. The van der Waals surface area contributed by atoms with E-state index < -0.39 is 11.7 Å². The number of imidazole rings is 1. The van der Waals surface area contributed by atoms with Crippen molar-refractivity contribution in [2.45, 2.75) is 12.8 Å². The molecule has 5 aromatic rings. The van der Waals surface area contributed by atoms with Gasteiger partial charge >= 0.3 is 6.18 Å². The summed E-state index contributed by atoms with van der Waals surface area (Å²) in [7, 11) is 3.30. The van der Waals surface area contributed by atoms with Crippen LogP contribution in [0.1, 0.15) is 11.1 Å². The van der Waals surface area contributed by atoms with Gasteiger partial charge in [-0.25, -0.2) is 4.98 Å². The fourth-order valence-electron chi connectivity index (χ4n) is 3.79. The summed E-state index contributed by atoms with van der Waals surface area (Å²) >= 11 is 0. The zero-order valence-electron chi connectivity index (χ0n) is 17.8. The van der Waals surface area contributed by atoms with Gasteiger partial charge in [0, 0.05) is 18.5 Å². The maximum atomic E-state index is 13.1. The number of H-pyrrole nitrogens is 1. The predicted octanol–water partition coefficient (Wildman–Crippen LogP) is 5.72. The van der Waals surface area contributed by atoms with Crippen molar-refractivity contribution >= 4 is 21.9 Å². The number of aryl methyl sites for hydroxylation is 1. The number of rotatable bonds is 5. The highest BCUT2D eigenvalue weighted by Gasteiger charge is 2.31. The van der Waals surface area contributed by atoms with Gasteiger partial charge in [-0.15, -0.1) is 0 Å². The van der Waals surface area contributed by atoms with E-state index in [1.54, 1.807) is 30.9 Å². The van der Waals surface area contributed by atoms with E-state index in [2.05, 4.69) is 15.2 Å². The average molecular weight is 452 g/mol. The van der Waals surface area contributed by atoms with Crippen molar-refractivity contribution in [3.05, 3.63) is 71.8 Å². The van der Waals surface area contributed by atoms with Gasteiger partial charge in [-0.2, -0.15) is 18.3 Å². The Balaban J connectivity index is 1.58. The molecule has 3 aromatic carbocycles. The van der Waals surface area contributed by atoms with Crippen LogP contribution >= 0.6 is 0 Å². The maximum absolute atomic E-state index is 13.1. The number of halogens is 3. The number of ether oxygens (including phenoxy) is 2. The minimum Gasteiger partial charge on any atom is -0.493 e. The van der Waals surface area contributed by atoms with Gasteiger partial charge in [-0.1, -0.05) is 30.3 Å². The van der Waals surface area contributed by atoms with Crippen molar-refractivity contribution in [2.24, 2.45) is 7.05 Å². The van der Waals surface area contributed by atoms with Crippen LogP contribution in [0.4, 0.5) is 13.2 Å². The number of nitrogens with one attached hydrogen (secondary N) is 1. The molecular formula is C24H19F3N4O2. The second-order valence-corrected chi connectivity index (χ2v) is 7.59. The van der Waals surface area contributed by atoms with Crippen molar-refractivity contribution < 1.29 is 22.6 Å². The lowest BCUT2D eigenvalue weighted by atomic mass is 10.1. The molecule has 0 aliphatic rings. The van der Waals surface area contributed by atoms with Crippen LogP contribution in [-0.4, -0.2) is 26.9 Å². The van der Waals surface area contributed by atoms with Gasteiger partial charge < -0.3 is 14.0 Å². The Morgan fingerprint density at radius 3 is 2.52 bits per heavy atom. The minimum atomic E-state index is -4.44. The summed E-state index contributed by atoms with van der Waals surface area (Å²) in [6, 6.07) is 16.8. The van der Waals surface area contributed by atoms with Crippen LogP contribution in [0.2, 0.25) is 0 Å². The second-order valence-electron chi connectivity index (χ2n) is 7.59. The standard InChI is InChI=1S/C24H19F3N4O2/c1-31-19-9-8-15(24(25,26)27)10-18(19)28-23(31)22-16-11-21(20(32-2)12-17(16)29-30-22)33-13-14-6-4-3-5-7-14/h3-12H,13H2,1-2H3,(H,29,30).